The molecule has 0 amide bonds. The van der Waals surface area contributed by atoms with Crippen molar-refractivity contribution in [1.82, 2.24) is 10.2 Å². The quantitative estimate of drug-likeness (QED) is 0.915. The van der Waals surface area contributed by atoms with Gasteiger partial charge in [-0.15, -0.1) is 0 Å². The fraction of sp³-hybridized carbons (Fsp3) is 0.333. The lowest BCUT2D eigenvalue weighted by molar-refractivity contribution is 0.192. The summed E-state index contributed by atoms with van der Waals surface area (Å²) in [5.74, 6) is 0. The standard InChI is InChI=1S/C18H22N2/c1-3-7-16(8-4-1)13-18-15-20(12-11-19-18)14-17-9-5-2-6-10-17/h1-10,18-19H,11-15H2. The van der Waals surface area contributed by atoms with Gasteiger partial charge in [-0.25, -0.2) is 0 Å². The Balaban J connectivity index is 1.57. The molecule has 2 aromatic carbocycles. The molecule has 2 nitrogen and oxygen atoms in total. The molecular weight excluding hydrogens is 244 g/mol. The maximum absolute atomic E-state index is 3.64. The molecule has 0 spiro atoms. The van der Waals surface area contributed by atoms with E-state index in [9.17, 15) is 0 Å². The van der Waals surface area contributed by atoms with Crippen LogP contribution in [0.25, 0.3) is 0 Å². The average molecular weight is 266 g/mol. The molecule has 2 aromatic rings. The first-order chi connectivity index (χ1) is 9.90. The molecule has 1 heterocycles. The van der Waals surface area contributed by atoms with Gasteiger partial charge in [-0.2, -0.15) is 0 Å². The highest BCUT2D eigenvalue weighted by Gasteiger charge is 2.19. The van der Waals surface area contributed by atoms with Gasteiger partial charge in [0.1, 0.15) is 0 Å². The highest BCUT2D eigenvalue weighted by Crippen LogP contribution is 2.10. The van der Waals surface area contributed by atoms with E-state index in [1.807, 2.05) is 0 Å². The van der Waals surface area contributed by atoms with Crippen LogP contribution in [0, 0.1) is 0 Å². The van der Waals surface area contributed by atoms with Crippen LogP contribution in [0.4, 0.5) is 0 Å². The van der Waals surface area contributed by atoms with Gasteiger partial charge in [0.05, 0.1) is 0 Å². The van der Waals surface area contributed by atoms with E-state index in [4.69, 9.17) is 0 Å². The second-order valence-corrected chi connectivity index (χ2v) is 5.56. The molecule has 3 rings (SSSR count). The van der Waals surface area contributed by atoms with Crippen LogP contribution in [-0.4, -0.2) is 30.6 Å². The van der Waals surface area contributed by atoms with Crippen LogP contribution in [0.15, 0.2) is 60.7 Å². The Labute approximate surface area is 121 Å². The molecule has 0 radical (unpaired) electrons. The molecule has 1 atom stereocenters. The topological polar surface area (TPSA) is 15.3 Å². The van der Waals surface area contributed by atoms with Crippen molar-refractivity contribution in [2.24, 2.45) is 0 Å². The maximum atomic E-state index is 3.64. The minimum Gasteiger partial charge on any atom is -0.311 e. The smallest absolute Gasteiger partial charge is 0.0236 e. The van der Waals surface area contributed by atoms with Gasteiger partial charge in [0, 0.05) is 32.2 Å². The largest absolute Gasteiger partial charge is 0.311 e. The Morgan fingerprint density at radius 3 is 2.25 bits per heavy atom. The second kappa shape index (κ2) is 6.69. The van der Waals surface area contributed by atoms with Gasteiger partial charge in [0.2, 0.25) is 0 Å². The normalized spacial score (nSPS) is 19.9. The van der Waals surface area contributed by atoms with Gasteiger partial charge >= 0.3 is 0 Å². The van der Waals surface area contributed by atoms with E-state index >= 15 is 0 Å². The van der Waals surface area contributed by atoms with Crippen LogP contribution < -0.4 is 5.32 Å². The molecular formula is C18H22N2. The van der Waals surface area contributed by atoms with Crippen molar-refractivity contribution >= 4 is 0 Å². The highest BCUT2D eigenvalue weighted by molar-refractivity contribution is 5.17. The number of nitrogens with zero attached hydrogens (tertiary/aromatic N) is 1. The molecule has 104 valence electrons. The summed E-state index contributed by atoms with van der Waals surface area (Å²) in [6.45, 7) is 4.42. The summed E-state index contributed by atoms with van der Waals surface area (Å²) >= 11 is 0. The Kier molecular flexibility index (Phi) is 4.46. The summed E-state index contributed by atoms with van der Waals surface area (Å²) in [6, 6.07) is 22.1. The third kappa shape index (κ3) is 3.69. The third-order valence-corrected chi connectivity index (χ3v) is 3.91. The Morgan fingerprint density at radius 1 is 0.900 bits per heavy atom. The van der Waals surface area contributed by atoms with Crippen molar-refractivity contribution < 1.29 is 0 Å². The van der Waals surface area contributed by atoms with Crippen LogP contribution in [0.1, 0.15) is 11.1 Å². The number of nitrogens with one attached hydrogen (secondary N) is 1. The van der Waals surface area contributed by atoms with E-state index in [-0.39, 0.29) is 0 Å². The lowest BCUT2D eigenvalue weighted by atomic mass is 10.0. The van der Waals surface area contributed by atoms with Crippen LogP contribution in [-0.2, 0) is 13.0 Å². The molecule has 2 heteroatoms. The predicted molar refractivity (Wildman–Crippen MR) is 83.7 cm³/mol. The van der Waals surface area contributed by atoms with E-state index in [1.54, 1.807) is 0 Å². The SMILES string of the molecule is c1ccc(CC2CN(Cc3ccccc3)CCN2)cc1. The third-order valence-electron chi connectivity index (χ3n) is 3.91. The molecule has 0 bridgehead atoms. The Morgan fingerprint density at radius 2 is 1.55 bits per heavy atom. The molecule has 20 heavy (non-hydrogen) atoms. The molecule has 0 aromatic heterocycles. The van der Waals surface area contributed by atoms with Crippen molar-refractivity contribution in [3.8, 4) is 0 Å². The number of benzene rings is 2. The Bertz CT molecular complexity index is 462. The van der Waals surface area contributed by atoms with Gasteiger partial charge in [-0.05, 0) is 17.5 Å². The summed E-state index contributed by atoms with van der Waals surface area (Å²) in [5, 5.41) is 3.64. The van der Waals surface area contributed by atoms with E-state index in [0.717, 1.165) is 32.6 Å². The lowest BCUT2D eigenvalue weighted by Crippen LogP contribution is -2.51. The summed E-state index contributed by atoms with van der Waals surface area (Å²) in [6.07, 6.45) is 1.12. The first kappa shape index (κ1) is 13.3. The lowest BCUT2D eigenvalue weighted by Gasteiger charge is -2.33. The predicted octanol–water partition coefficient (Wildman–Crippen LogP) is 2.70. The minimum absolute atomic E-state index is 0.565. The molecule has 1 aliphatic rings. The minimum atomic E-state index is 0.565. The van der Waals surface area contributed by atoms with Crippen molar-refractivity contribution in [1.29, 1.82) is 0 Å². The van der Waals surface area contributed by atoms with Gasteiger partial charge in [0.25, 0.3) is 0 Å². The second-order valence-electron chi connectivity index (χ2n) is 5.56. The van der Waals surface area contributed by atoms with Crippen LogP contribution in [0.5, 0.6) is 0 Å². The molecule has 1 N–H and O–H groups in total. The summed E-state index contributed by atoms with van der Waals surface area (Å²) in [7, 11) is 0. The summed E-state index contributed by atoms with van der Waals surface area (Å²) < 4.78 is 0. The van der Waals surface area contributed by atoms with Crippen LogP contribution >= 0.6 is 0 Å². The van der Waals surface area contributed by atoms with E-state index in [1.165, 1.54) is 11.1 Å². The van der Waals surface area contributed by atoms with Gasteiger partial charge < -0.3 is 5.32 Å². The first-order valence-corrected chi connectivity index (χ1v) is 7.44. The molecule has 1 fully saturated rings. The van der Waals surface area contributed by atoms with Crippen molar-refractivity contribution in [3.05, 3.63) is 71.8 Å². The highest BCUT2D eigenvalue weighted by atomic mass is 15.2. The van der Waals surface area contributed by atoms with Crippen LogP contribution in [0.3, 0.4) is 0 Å². The zero-order valence-corrected chi connectivity index (χ0v) is 11.8. The summed E-state index contributed by atoms with van der Waals surface area (Å²) in [5.41, 5.74) is 2.83. The van der Waals surface area contributed by atoms with E-state index in [0.29, 0.717) is 6.04 Å². The fourth-order valence-corrected chi connectivity index (χ4v) is 2.91. The van der Waals surface area contributed by atoms with Crippen molar-refractivity contribution in [3.63, 3.8) is 0 Å². The van der Waals surface area contributed by atoms with Gasteiger partial charge in [-0.3, -0.25) is 4.90 Å². The number of piperazine rings is 1. The van der Waals surface area contributed by atoms with Gasteiger partial charge in [0.15, 0.2) is 0 Å². The zero-order valence-electron chi connectivity index (χ0n) is 11.8. The number of hydrogen-bond acceptors (Lipinski definition) is 2. The van der Waals surface area contributed by atoms with Crippen molar-refractivity contribution in [2.45, 2.75) is 19.0 Å². The molecule has 0 aliphatic carbocycles. The van der Waals surface area contributed by atoms with E-state index in [2.05, 4.69) is 70.9 Å². The number of hydrogen-bond donors (Lipinski definition) is 1. The average Bonchev–Trinajstić information content (AvgIpc) is 2.50. The zero-order chi connectivity index (χ0) is 13.6. The fourth-order valence-electron chi connectivity index (χ4n) is 2.91. The first-order valence-electron chi connectivity index (χ1n) is 7.44. The van der Waals surface area contributed by atoms with Gasteiger partial charge in [-0.1, -0.05) is 60.7 Å². The van der Waals surface area contributed by atoms with Crippen LogP contribution in [0.2, 0.25) is 0 Å². The molecule has 1 saturated heterocycles. The molecule has 0 saturated carbocycles. The molecule has 1 unspecified atom stereocenters. The monoisotopic (exact) mass is 266 g/mol. The number of rotatable bonds is 4. The Hall–Kier alpha value is -1.64. The van der Waals surface area contributed by atoms with E-state index < -0.39 is 0 Å². The summed E-state index contributed by atoms with van der Waals surface area (Å²) in [4.78, 5) is 2.55. The maximum Gasteiger partial charge on any atom is 0.0236 e. The van der Waals surface area contributed by atoms with Crippen molar-refractivity contribution in [2.75, 3.05) is 19.6 Å². The molecule has 1 aliphatic heterocycles.